The molecular weight excluding hydrogens is 426 g/mol. The maximum absolute atomic E-state index is 12.5. The summed E-state index contributed by atoms with van der Waals surface area (Å²) in [5.74, 6) is 0.130. The van der Waals surface area contributed by atoms with E-state index in [0.29, 0.717) is 18.0 Å². The fraction of sp³-hybridized carbons (Fsp3) is 0.526. The standard InChI is InChI=1S/C19H25N5O4S2/c1-19(2,3)30-29-13-11-24(10-8-17(25)27-12-9-20)18(26)28-14-15-4-6-16(7-5-15)22-23-21/h4-7H,8,10-14H2,1-3H3. The molecule has 0 aliphatic heterocycles. The highest BCUT2D eigenvalue weighted by Gasteiger charge is 2.18. The van der Waals surface area contributed by atoms with Crippen LogP contribution >= 0.6 is 21.6 Å². The minimum Gasteiger partial charge on any atom is -0.450 e. The van der Waals surface area contributed by atoms with Gasteiger partial charge in [-0.1, -0.05) is 71.7 Å². The van der Waals surface area contributed by atoms with E-state index in [4.69, 9.17) is 20.3 Å². The summed E-state index contributed by atoms with van der Waals surface area (Å²) in [6.07, 6.45) is -0.557. The van der Waals surface area contributed by atoms with Gasteiger partial charge in [-0.3, -0.25) is 4.79 Å². The third-order valence-electron chi connectivity index (χ3n) is 3.35. The number of esters is 1. The van der Waals surface area contributed by atoms with Gasteiger partial charge in [-0.15, -0.1) is 0 Å². The van der Waals surface area contributed by atoms with E-state index in [1.807, 2.05) is 0 Å². The summed E-state index contributed by atoms with van der Waals surface area (Å²) < 4.78 is 10.2. The van der Waals surface area contributed by atoms with Crippen LogP contribution in [-0.2, 0) is 20.9 Å². The quantitative estimate of drug-likeness (QED) is 0.113. The number of carbonyl (C=O) groups excluding carboxylic acids is 2. The van der Waals surface area contributed by atoms with Crippen molar-refractivity contribution < 1.29 is 19.1 Å². The van der Waals surface area contributed by atoms with Crippen LogP contribution < -0.4 is 0 Å². The first kappa shape index (κ1) is 25.5. The SMILES string of the molecule is CC(C)(C)SSCCN(CCC(=O)OCC#N)C(=O)OCc1ccc(N=[N+]=[N-])cc1. The monoisotopic (exact) mass is 451 g/mol. The molecule has 0 radical (unpaired) electrons. The molecule has 0 atom stereocenters. The number of azide groups is 1. The minimum atomic E-state index is -0.542. The van der Waals surface area contributed by atoms with Gasteiger partial charge in [0, 0.05) is 34.2 Å². The Morgan fingerprint density at radius 3 is 2.53 bits per heavy atom. The number of hydrogen-bond acceptors (Lipinski definition) is 8. The van der Waals surface area contributed by atoms with E-state index in [1.54, 1.807) is 51.9 Å². The number of amides is 1. The summed E-state index contributed by atoms with van der Waals surface area (Å²) in [6.45, 7) is 6.61. The third-order valence-corrected chi connectivity index (χ3v) is 6.67. The van der Waals surface area contributed by atoms with Gasteiger partial charge in [0.1, 0.15) is 12.7 Å². The highest BCUT2D eigenvalue weighted by Crippen LogP contribution is 2.34. The fourth-order valence-electron chi connectivity index (χ4n) is 2.02. The number of carbonyl (C=O) groups is 2. The van der Waals surface area contributed by atoms with Crippen LogP contribution in [0.25, 0.3) is 10.4 Å². The molecule has 0 heterocycles. The minimum absolute atomic E-state index is 0.0191. The highest BCUT2D eigenvalue weighted by molar-refractivity contribution is 8.77. The Morgan fingerprint density at radius 2 is 1.93 bits per heavy atom. The average molecular weight is 452 g/mol. The van der Waals surface area contributed by atoms with E-state index in [9.17, 15) is 9.59 Å². The molecule has 1 aromatic carbocycles. The Labute approximate surface area is 184 Å². The smallest absolute Gasteiger partial charge is 0.410 e. The Hall–Kier alpha value is -2.54. The van der Waals surface area contributed by atoms with Crippen molar-refractivity contribution in [1.82, 2.24) is 4.90 Å². The van der Waals surface area contributed by atoms with Crippen molar-refractivity contribution in [2.45, 2.75) is 38.5 Å². The molecule has 0 aliphatic rings. The molecule has 0 aromatic heterocycles. The second-order valence-corrected chi connectivity index (χ2v) is 10.2. The van der Waals surface area contributed by atoms with Crippen LogP contribution in [-0.4, -0.2) is 47.2 Å². The maximum Gasteiger partial charge on any atom is 0.410 e. The summed E-state index contributed by atoms with van der Waals surface area (Å²) in [6, 6.07) is 8.41. The molecule has 0 N–H and O–H groups in total. The molecule has 1 rings (SSSR count). The highest BCUT2D eigenvalue weighted by atomic mass is 33.1. The first-order valence-electron chi connectivity index (χ1n) is 9.14. The van der Waals surface area contributed by atoms with Crippen LogP contribution in [0.15, 0.2) is 29.4 Å². The number of nitriles is 1. The Kier molecular flexibility index (Phi) is 11.6. The second kappa shape index (κ2) is 13.6. The van der Waals surface area contributed by atoms with Gasteiger partial charge in [-0.25, -0.2) is 4.79 Å². The van der Waals surface area contributed by atoms with E-state index in [-0.39, 0.29) is 30.9 Å². The normalized spacial score (nSPS) is 10.5. The largest absolute Gasteiger partial charge is 0.450 e. The number of ether oxygens (including phenoxy) is 2. The summed E-state index contributed by atoms with van der Waals surface area (Å²) in [5, 5.41) is 12.0. The number of benzene rings is 1. The molecule has 162 valence electrons. The van der Waals surface area contributed by atoms with Gasteiger partial charge in [0.2, 0.25) is 0 Å². The average Bonchev–Trinajstić information content (AvgIpc) is 2.70. The molecule has 1 aromatic rings. The molecule has 0 fully saturated rings. The van der Waals surface area contributed by atoms with E-state index in [1.165, 1.54) is 4.90 Å². The topological polar surface area (TPSA) is 128 Å². The van der Waals surface area contributed by atoms with Crippen molar-refractivity contribution in [3.63, 3.8) is 0 Å². The van der Waals surface area contributed by atoms with E-state index < -0.39 is 12.1 Å². The van der Waals surface area contributed by atoms with Gasteiger partial charge in [0.25, 0.3) is 0 Å². The van der Waals surface area contributed by atoms with Crippen molar-refractivity contribution >= 4 is 39.3 Å². The van der Waals surface area contributed by atoms with Gasteiger partial charge in [-0.05, 0) is 11.1 Å². The number of rotatable bonds is 11. The summed E-state index contributed by atoms with van der Waals surface area (Å²) >= 11 is 0. The first-order valence-corrected chi connectivity index (χ1v) is 11.5. The molecule has 0 bridgehead atoms. The summed E-state index contributed by atoms with van der Waals surface area (Å²) in [4.78, 5) is 28.3. The van der Waals surface area contributed by atoms with Gasteiger partial charge in [0.15, 0.2) is 6.61 Å². The number of hydrogen-bond donors (Lipinski definition) is 0. The molecule has 0 saturated carbocycles. The Bertz CT molecular complexity index is 784. The predicted molar refractivity (Wildman–Crippen MR) is 118 cm³/mol. The molecule has 1 amide bonds. The van der Waals surface area contributed by atoms with E-state index in [2.05, 4.69) is 30.8 Å². The first-order chi connectivity index (χ1) is 14.2. The molecule has 9 nitrogen and oxygen atoms in total. The number of nitrogens with zero attached hydrogens (tertiary/aromatic N) is 5. The molecule has 11 heteroatoms. The molecule has 0 saturated heterocycles. The Balaban J connectivity index is 2.61. The lowest BCUT2D eigenvalue weighted by atomic mass is 10.2. The zero-order chi connectivity index (χ0) is 22.4. The van der Waals surface area contributed by atoms with Crippen LogP contribution in [0.2, 0.25) is 0 Å². The van der Waals surface area contributed by atoms with Crippen LogP contribution in [0.1, 0.15) is 32.8 Å². The third kappa shape index (κ3) is 11.5. The Morgan fingerprint density at radius 1 is 1.23 bits per heavy atom. The molecular formula is C19H25N5O4S2. The summed E-state index contributed by atoms with van der Waals surface area (Å²) in [7, 11) is 3.36. The predicted octanol–water partition coefficient (Wildman–Crippen LogP) is 5.20. The van der Waals surface area contributed by atoms with Crippen LogP contribution in [0.4, 0.5) is 10.5 Å². The zero-order valence-electron chi connectivity index (χ0n) is 17.2. The molecule has 0 spiro atoms. The molecule has 30 heavy (non-hydrogen) atoms. The van der Waals surface area contributed by atoms with Gasteiger partial charge < -0.3 is 14.4 Å². The lowest BCUT2D eigenvalue weighted by Crippen LogP contribution is -2.35. The lowest BCUT2D eigenvalue weighted by Gasteiger charge is -2.22. The van der Waals surface area contributed by atoms with Gasteiger partial charge in [0.05, 0.1) is 6.42 Å². The van der Waals surface area contributed by atoms with E-state index in [0.717, 1.165) is 5.56 Å². The van der Waals surface area contributed by atoms with E-state index >= 15 is 0 Å². The van der Waals surface area contributed by atoms with Crippen LogP contribution in [0, 0.1) is 11.3 Å². The second-order valence-electron chi connectivity index (χ2n) is 6.98. The van der Waals surface area contributed by atoms with Gasteiger partial charge in [-0.2, -0.15) is 5.26 Å². The lowest BCUT2D eigenvalue weighted by molar-refractivity contribution is -0.142. The summed E-state index contributed by atoms with van der Waals surface area (Å²) in [5.41, 5.74) is 9.64. The van der Waals surface area contributed by atoms with Crippen molar-refractivity contribution in [3.8, 4) is 6.07 Å². The zero-order valence-corrected chi connectivity index (χ0v) is 18.9. The molecule has 0 unspecified atom stereocenters. The van der Waals surface area contributed by atoms with Crippen molar-refractivity contribution in [1.29, 1.82) is 5.26 Å². The van der Waals surface area contributed by atoms with Crippen molar-refractivity contribution in [3.05, 3.63) is 40.3 Å². The van der Waals surface area contributed by atoms with Crippen LogP contribution in [0.5, 0.6) is 0 Å². The molecule has 0 aliphatic carbocycles. The van der Waals surface area contributed by atoms with Crippen molar-refractivity contribution in [2.24, 2.45) is 5.11 Å². The van der Waals surface area contributed by atoms with Crippen LogP contribution in [0.3, 0.4) is 0 Å². The fourth-order valence-corrected chi connectivity index (χ4v) is 4.28. The maximum atomic E-state index is 12.5. The van der Waals surface area contributed by atoms with Crippen molar-refractivity contribution in [2.75, 3.05) is 25.4 Å². The van der Waals surface area contributed by atoms with Gasteiger partial charge >= 0.3 is 12.1 Å².